The maximum atomic E-state index is 13.9. The third kappa shape index (κ3) is 3.51. The Kier molecular flexibility index (Phi) is 5.31. The number of halogens is 2. The molecule has 1 aliphatic rings. The van der Waals surface area contributed by atoms with Gasteiger partial charge in [0.2, 0.25) is 10.0 Å². The monoisotopic (exact) mass is 384 g/mol. The molecule has 8 heteroatoms. The van der Waals surface area contributed by atoms with Gasteiger partial charge in [-0.25, -0.2) is 17.2 Å². The predicted molar refractivity (Wildman–Crippen MR) is 95.6 cm³/mol. The van der Waals surface area contributed by atoms with Gasteiger partial charge in [0.25, 0.3) is 0 Å². The Balaban J connectivity index is 1.80. The van der Waals surface area contributed by atoms with Crippen LogP contribution in [0.5, 0.6) is 0 Å². The summed E-state index contributed by atoms with van der Waals surface area (Å²) in [6.45, 7) is 1.29. The zero-order chi connectivity index (χ0) is 18.0. The third-order valence-corrected chi connectivity index (χ3v) is 6.92. The molecule has 0 N–H and O–H groups in total. The van der Waals surface area contributed by atoms with Crippen molar-refractivity contribution in [3.63, 3.8) is 0 Å². The molecule has 25 heavy (non-hydrogen) atoms. The van der Waals surface area contributed by atoms with Crippen molar-refractivity contribution >= 4 is 27.5 Å². The van der Waals surface area contributed by atoms with Gasteiger partial charge in [-0.3, -0.25) is 0 Å². The summed E-state index contributed by atoms with van der Waals surface area (Å²) < 4.78 is 54.1. The first-order chi connectivity index (χ1) is 11.9. The molecule has 1 saturated heterocycles. The number of sulfonamides is 1. The molecule has 0 spiro atoms. The maximum Gasteiger partial charge on any atom is 0.249 e. The van der Waals surface area contributed by atoms with E-state index >= 15 is 0 Å². The van der Waals surface area contributed by atoms with E-state index < -0.39 is 26.6 Å². The van der Waals surface area contributed by atoms with Gasteiger partial charge in [-0.2, -0.15) is 4.31 Å². The molecule has 2 aromatic rings. The van der Waals surface area contributed by atoms with Gasteiger partial charge in [0, 0.05) is 31.1 Å². The van der Waals surface area contributed by atoms with Crippen LogP contribution in [0.25, 0.3) is 0 Å². The molecule has 134 valence electrons. The fourth-order valence-electron chi connectivity index (χ4n) is 2.92. The van der Waals surface area contributed by atoms with Crippen molar-refractivity contribution in [3.05, 3.63) is 54.1 Å². The van der Waals surface area contributed by atoms with Gasteiger partial charge in [0.15, 0.2) is 4.90 Å². The number of rotatable bonds is 4. The van der Waals surface area contributed by atoms with Crippen molar-refractivity contribution in [2.24, 2.45) is 0 Å². The lowest BCUT2D eigenvalue weighted by atomic mass is 10.2. The van der Waals surface area contributed by atoms with E-state index in [1.54, 1.807) is 11.8 Å². The number of hydrogen-bond acceptors (Lipinski definition) is 4. The minimum atomic E-state index is -4.19. The zero-order valence-electron chi connectivity index (χ0n) is 13.7. The number of thioether (sulfide) groups is 1. The molecule has 1 fully saturated rings. The number of hydrogen-bond donors (Lipinski definition) is 0. The SMILES string of the molecule is CSc1ccccc1N1CCN(S(=O)(=O)c2c(F)cccc2F)CC1. The Labute approximate surface area is 150 Å². The van der Waals surface area contributed by atoms with Gasteiger partial charge in [-0.15, -0.1) is 11.8 Å². The van der Waals surface area contributed by atoms with Gasteiger partial charge >= 0.3 is 0 Å². The second kappa shape index (κ2) is 7.31. The van der Waals surface area contributed by atoms with Crippen LogP contribution >= 0.6 is 11.8 Å². The van der Waals surface area contributed by atoms with Gasteiger partial charge in [-0.05, 0) is 30.5 Å². The molecular weight excluding hydrogens is 366 g/mol. The molecule has 0 bridgehead atoms. The van der Waals surface area contributed by atoms with Crippen LogP contribution in [0, 0.1) is 11.6 Å². The van der Waals surface area contributed by atoms with Crippen molar-refractivity contribution in [2.45, 2.75) is 9.79 Å². The van der Waals surface area contributed by atoms with Crippen LogP contribution in [0.4, 0.5) is 14.5 Å². The highest BCUT2D eigenvalue weighted by atomic mass is 32.2. The number of benzene rings is 2. The van der Waals surface area contributed by atoms with Crippen molar-refractivity contribution < 1.29 is 17.2 Å². The van der Waals surface area contributed by atoms with Crippen LogP contribution in [0.15, 0.2) is 52.3 Å². The topological polar surface area (TPSA) is 40.6 Å². The smallest absolute Gasteiger partial charge is 0.249 e. The first kappa shape index (κ1) is 18.2. The van der Waals surface area contributed by atoms with E-state index in [1.165, 1.54) is 0 Å². The van der Waals surface area contributed by atoms with Crippen LogP contribution in [0.2, 0.25) is 0 Å². The van der Waals surface area contributed by atoms with E-state index in [9.17, 15) is 17.2 Å². The molecular formula is C17H18F2N2O2S2. The number of anilines is 1. The van der Waals surface area contributed by atoms with Crippen molar-refractivity contribution in [2.75, 3.05) is 37.3 Å². The molecule has 0 atom stereocenters. The molecule has 0 saturated carbocycles. The Bertz CT molecular complexity index is 846. The fourth-order valence-corrected chi connectivity index (χ4v) is 5.07. The standard InChI is InChI=1S/C17H18F2N2O2S2/c1-24-16-8-3-2-7-15(16)20-9-11-21(12-10-20)25(22,23)17-13(18)5-4-6-14(17)19/h2-8H,9-12H2,1H3. The second-order valence-electron chi connectivity index (χ2n) is 5.61. The maximum absolute atomic E-state index is 13.9. The van der Waals surface area contributed by atoms with Crippen molar-refractivity contribution in [1.29, 1.82) is 0 Å². The third-order valence-electron chi connectivity index (χ3n) is 4.18. The molecule has 0 aliphatic carbocycles. The predicted octanol–water partition coefficient (Wildman–Crippen LogP) is 3.20. The number of piperazine rings is 1. The van der Waals surface area contributed by atoms with Crippen LogP contribution < -0.4 is 4.90 Å². The molecule has 1 heterocycles. The normalized spacial score (nSPS) is 16.2. The number of para-hydroxylation sites is 1. The Morgan fingerprint density at radius 2 is 1.52 bits per heavy atom. The summed E-state index contributed by atoms with van der Waals surface area (Å²) in [5.41, 5.74) is 1.05. The quantitative estimate of drug-likeness (QED) is 0.759. The molecule has 0 aromatic heterocycles. The van der Waals surface area contributed by atoms with Crippen LogP contribution in [0.3, 0.4) is 0 Å². The summed E-state index contributed by atoms with van der Waals surface area (Å²) in [7, 11) is -4.19. The highest BCUT2D eigenvalue weighted by Gasteiger charge is 2.33. The Hall–Kier alpha value is -1.64. The van der Waals surface area contributed by atoms with E-state index in [1.807, 2.05) is 30.5 Å². The average Bonchev–Trinajstić information content (AvgIpc) is 2.61. The van der Waals surface area contributed by atoms with Crippen molar-refractivity contribution in [1.82, 2.24) is 4.31 Å². The molecule has 0 unspecified atom stereocenters. The van der Waals surface area contributed by atoms with E-state index in [2.05, 4.69) is 4.90 Å². The minimum Gasteiger partial charge on any atom is -0.368 e. The van der Waals surface area contributed by atoms with E-state index in [0.717, 1.165) is 33.1 Å². The van der Waals surface area contributed by atoms with Gasteiger partial charge in [0.1, 0.15) is 11.6 Å². The van der Waals surface area contributed by atoms with Crippen LogP contribution in [-0.4, -0.2) is 45.2 Å². The summed E-state index contributed by atoms with van der Waals surface area (Å²) in [5.74, 6) is -2.12. The lowest BCUT2D eigenvalue weighted by Gasteiger charge is -2.36. The summed E-state index contributed by atoms with van der Waals surface area (Å²) in [4.78, 5) is 2.34. The molecule has 2 aromatic carbocycles. The van der Waals surface area contributed by atoms with E-state index in [4.69, 9.17) is 0 Å². The number of nitrogens with zero attached hydrogens (tertiary/aromatic N) is 2. The first-order valence-electron chi connectivity index (χ1n) is 7.77. The van der Waals surface area contributed by atoms with E-state index in [-0.39, 0.29) is 13.1 Å². The summed E-state index contributed by atoms with van der Waals surface area (Å²) in [6, 6.07) is 11.0. The Morgan fingerprint density at radius 1 is 0.920 bits per heavy atom. The van der Waals surface area contributed by atoms with E-state index in [0.29, 0.717) is 13.1 Å². The molecule has 1 aliphatic heterocycles. The highest BCUT2D eigenvalue weighted by molar-refractivity contribution is 7.98. The second-order valence-corrected chi connectivity index (χ2v) is 8.34. The van der Waals surface area contributed by atoms with Gasteiger partial charge in [-0.1, -0.05) is 18.2 Å². The van der Waals surface area contributed by atoms with Gasteiger partial charge in [0.05, 0.1) is 5.69 Å². The summed E-state index contributed by atoms with van der Waals surface area (Å²) in [5, 5.41) is 0. The lowest BCUT2D eigenvalue weighted by molar-refractivity contribution is 0.378. The minimum absolute atomic E-state index is 0.179. The molecule has 0 amide bonds. The Morgan fingerprint density at radius 3 is 2.12 bits per heavy atom. The zero-order valence-corrected chi connectivity index (χ0v) is 15.3. The fraction of sp³-hybridized carbons (Fsp3) is 0.294. The summed E-state index contributed by atoms with van der Waals surface area (Å²) in [6.07, 6.45) is 1.99. The van der Waals surface area contributed by atoms with Crippen LogP contribution in [-0.2, 0) is 10.0 Å². The first-order valence-corrected chi connectivity index (χ1v) is 10.4. The average molecular weight is 384 g/mol. The molecule has 0 radical (unpaired) electrons. The highest BCUT2D eigenvalue weighted by Crippen LogP contribution is 2.30. The van der Waals surface area contributed by atoms with Crippen molar-refractivity contribution in [3.8, 4) is 0 Å². The lowest BCUT2D eigenvalue weighted by Crippen LogP contribution is -2.49. The molecule has 3 rings (SSSR count). The molecule has 4 nitrogen and oxygen atoms in total. The largest absolute Gasteiger partial charge is 0.368 e. The van der Waals surface area contributed by atoms with Gasteiger partial charge < -0.3 is 4.90 Å². The summed E-state index contributed by atoms with van der Waals surface area (Å²) >= 11 is 1.62. The van der Waals surface area contributed by atoms with Crippen LogP contribution in [0.1, 0.15) is 0 Å².